The van der Waals surface area contributed by atoms with Crippen molar-refractivity contribution in [1.29, 1.82) is 0 Å². The number of hydrogen-bond donors (Lipinski definition) is 2. The highest BCUT2D eigenvalue weighted by Crippen LogP contribution is 1.96. The number of sulfonamides is 1. The predicted molar refractivity (Wildman–Crippen MR) is 68.4 cm³/mol. The minimum Gasteiger partial charge on any atom is -0.396 e. The van der Waals surface area contributed by atoms with Crippen molar-refractivity contribution in [3.8, 4) is 0 Å². The van der Waals surface area contributed by atoms with Crippen molar-refractivity contribution in [2.24, 2.45) is 0 Å². The van der Waals surface area contributed by atoms with Crippen molar-refractivity contribution in [3.05, 3.63) is 0 Å². The molecular weight excluding hydrogens is 242 g/mol. The number of aliphatic hydroxyl groups is 1. The molecule has 6 heteroatoms. The zero-order valence-corrected chi connectivity index (χ0v) is 11.6. The second kappa shape index (κ2) is 9.82. The SMILES string of the molecule is CC(C)OCCCCNS(=O)(=O)CCCCO. The van der Waals surface area contributed by atoms with Gasteiger partial charge >= 0.3 is 0 Å². The Bertz CT molecular complexity index is 265. The molecule has 0 saturated heterocycles. The highest BCUT2D eigenvalue weighted by atomic mass is 32.2. The minimum absolute atomic E-state index is 0.0437. The molecule has 0 atom stereocenters. The third-order valence-electron chi connectivity index (χ3n) is 2.17. The van der Waals surface area contributed by atoms with E-state index in [2.05, 4.69) is 4.72 Å². The summed E-state index contributed by atoms with van der Waals surface area (Å²) in [5.41, 5.74) is 0. The number of hydrogen-bond acceptors (Lipinski definition) is 4. The Morgan fingerprint density at radius 1 is 1.18 bits per heavy atom. The van der Waals surface area contributed by atoms with Crippen molar-refractivity contribution in [2.75, 3.05) is 25.5 Å². The van der Waals surface area contributed by atoms with Crippen molar-refractivity contribution < 1.29 is 18.3 Å². The Morgan fingerprint density at radius 3 is 2.47 bits per heavy atom. The van der Waals surface area contributed by atoms with Gasteiger partial charge in [-0.2, -0.15) is 0 Å². The topological polar surface area (TPSA) is 75.6 Å². The summed E-state index contributed by atoms with van der Waals surface area (Å²) in [6, 6.07) is 0. The summed E-state index contributed by atoms with van der Waals surface area (Å²) in [6.45, 7) is 5.13. The lowest BCUT2D eigenvalue weighted by Crippen LogP contribution is -2.27. The van der Waals surface area contributed by atoms with E-state index in [4.69, 9.17) is 9.84 Å². The first-order valence-corrected chi connectivity index (χ1v) is 7.83. The molecule has 0 aliphatic rings. The van der Waals surface area contributed by atoms with Crippen LogP contribution in [0.2, 0.25) is 0 Å². The Labute approximate surface area is 105 Å². The molecule has 0 bridgehead atoms. The van der Waals surface area contributed by atoms with Crippen LogP contribution < -0.4 is 4.72 Å². The molecule has 5 nitrogen and oxygen atoms in total. The van der Waals surface area contributed by atoms with Crippen molar-refractivity contribution in [2.45, 2.75) is 45.6 Å². The molecule has 0 aliphatic heterocycles. The fourth-order valence-corrected chi connectivity index (χ4v) is 2.43. The van der Waals surface area contributed by atoms with E-state index in [1.807, 2.05) is 13.8 Å². The zero-order chi connectivity index (χ0) is 13.1. The van der Waals surface area contributed by atoms with Crippen LogP contribution in [0, 0.1) is 0 Å². The molecule has 0 fully saturated rings. The molecule has 0 aromatic rings. The standard InChI is InChI=1S/C11H25NO4S/c1-11(2)16-9-5-3-7-12-17(14,15)10-6-4-8-13/h11-13H,3-10H2,1-2H3. The van der Waals surface area contributed by atoms with E-state index in [0.29, 0.717) is 26.0 Å². The first kappa shape index (κ1) is 16.8. The molecule has 104 valence electrons. The van der Waals surface area contributed by atoms with Crippen LogP contribution in [0.15, 0.2) is 0 Å². The molecule has 0 unspecified atom stereocenters. The zero-order valence-electron chi connectivity index (χ0n) is 10.8. The van der Waals surface area contributed by atoms with Gasteiger partial charge in [0.2, 0.25) is 10.0 Å². The van der Waals surface area contributed by atoms with Gasteiger partial charge in [0.15, 0.2) is 0 Å². The number of ether oxygens (including phenoxy) is 1. The fourth-order valence-electron chi connectivity index (χ4n) is 1.25. The summed E-state index contributed by atoms with van der Waals surface area (Å²) >= 11 is 0. The van der Waals surface area contributed by atoms with E-state index in [9.17, 15) is 8.42 Å². The second-order valence-corrected chi connectivity index (χ2v) is 6.20. The van der Waals surface area contributed by atoms with Gasteiger partial charge in [0.1, 0.15) is 0 Å². The van der Waals surface area contributed by atoms with Gasteiger partial charge in [0, 0.05) is 19.8 Å². The van der Waals surface area contributed by atoms with Gasteiger partial charge in [0.05, 0.1) is 11.9 Å². The van der Waals surface area contributed by atoms with E-state index in [0.717, 1.165) is 12.8 Å². The maximum Gasteiger partial charge on any atom is 0.211 e. The molecule has 0 saturated carbocycles. The van der Waals surface area contributed by atoms with E-state index in [1.54, 1.807) is 0 Å². The van der Waals surface area contributed by atoms with E-state index in [1.165, 1.54) is 0 Å². The monoisotopic (exact) mass is 267 g/mol. The molecule has 0 aliphatic carbocycles. The maximum atomic E-state index is 11.4. The molecule has 2 N–H and O–H groups in total. The lowest BCUT2D eigenvalue weighted by atomic mass is 10.3. The predicted octanol–water partition coefficient (Wildman–Crippen LogP) is 0.883. The van der Waals surface area contributed by atoms with Gasteiger partial charge in [-0.15, -0.1) is 0 Å². The average molecular weight is 267 g/mol. The third kappa shape index (κ3) is 12.1. The molecular formula is C11H25NO4S. The fraction of sp³-hybridized carbons (Fsp3) is 1.00. The van der Waals surface area contributed by atoms with Gasteiger partial charge in [-0.25, -0.2) is 13.1 Å². The van der Waals surface area contributed by atoms with Crippen LogP contribution in [0.25, 0.3) is 0 Å². The van der Waals surface area contributed by atoms with Crippen LogP contribution in [0.1, 0.15) is 39.5 Å². The van der Waals surface area contributed by atoms with Gasteiger partial charge < -0.3 is 9.84 Å². The molecule has 0 aromatic heterocycles. The molecule has 0 heterocycles. The van der Waals surface area contributed by atoms with Crippen molar-refractivity contribution in [3.63, 3.8) is 0 Å². The van der Waals surface area contributed by atoms with Crippen LogP contribution in [0.3, 0.4) is 0 Å². The van der Waals surface area contributed by atoms with Crippen LogP contribution >= 0.6 is 0 Å². The average Bonchev–Trinajstić information content (AvgIpc) is 2.23. The summed E-state index contributed by atoms with van der Waals surface area (Å²) in [5.74, 6) is 0.0933. The second-order valence-electron chi connectivity index (χ2n) is 4.27. The highest BCUT2D eigenvalue weighted by Gasteiger charge is 2.08. The lowest BCUT2D eigenvalue weighted by molar-refractivity contribution is 0.0762. The Morgan fingerprint density at radius 2 is 1.88 bits per heavy atom. The third-order valence-corrected chi connectivity index (χ3v) is 3.64. The smallest absolute Gasteiger partial charge is 0.211 e. The number of rotatable bonds is 11. The summed E-state index contributed by atoms with van der Waals surface area (Å²) in [6.07, 6.45) is 2.90. The maximum absolute atomic E-state index is 11.4. The quantitative estimate of drug-likeness (QED) is 0.545. The van der Waals surface area contributed by atoms with Gasteiger partial charge in [-0.1, -0.05) is 0 Å². The van der Waals surface area contributed by atoms with E-state index >= 15 is 0 Å². The molecule has 0 amide bonds. The normalized spacial score (nSPS) is 12.2. The summed E-state index contributed by atoms with van der Waals surface area (Å²) in [4.78, 5) is 0. The highest BCUT2D eigenvalue weighted by molar-refractivity contribution is 7.89. The van der Waals surface area contributed by atoms with Gasteiger partial charge in [-0.05, 0) is 39.5 Å². The van der Waals surface area contributed by atoms with Crippen LogP contribution in [0.5, 0.6) is 0 Å². The number of aliphatic hydroxyl groups excluding tert-OH is 1. The van der Waals surface area contributed by atoms with Gasteiger partial charge in [0.25, 0.3) is 0 Å². The minimum atomic E-state index is -3.16. The summed E-state index contributed by atoms with van der Waals surface area (Å²) in [5, 5.41) is 8.55. The van der Waals surface area contributed by atoms with E-state index < -0.39 is 10.0 Å². The van der Waals surface area contributed by atoms with Gasteiger partial charge in [-0.3, -0.25) is 0 Å². The number of unbranched alkanes of at least 4 members (excludes halogenated alkanes) is 2. The first-order chi connectivity index (χ1) is 7.98. The summed E-state index contributed by atoms with van der Waals surface area (Å²) in [7, 11) is -3.16. The van der Waals surface area contributed by atoms with Crippen molar-refractivity contribution in [1.82, 2.24) is 4.72 Å². The number of nitrogens with one attached hydrogen (secondary N) is 1. The van der Waals surface area contributed by atoms with Crippen molar-refractivity contribution >= 4 is 10.0 Å². The Kier molecular flexibility index (Phi) is 9.72. The Balaban J connectivity index is 3.46. The van der Waals surface area contributed by atoms with Crippen LogP contribution in [0.4, 0.5) is 0 Å². The molecule has 0 radical (unpaired) electrons. The summed E-state index contributed by atoms with van der Waals surface area (Å²) < 4.78 is 30.7. The Hall–Kier alpha value is -0.170. The molecule has 17 heavy (non-hydrogen) atoms. The largest absolute Gasteiger partial charge is 0.396 e. The molecule has 0 rings (SSSR count). The van der Waals surface area contributed by atoms with Crippen LogP contribution in [-0.4, -0.2) is 45.1 Å². The van der Waals surface area contributed by atoms with Crippen LogP contribution in [-0.2, 0) is 14.8 Å². The molecule has 0 spiro atoms. The lowest BCUT2D eigenvalue weighted by Gasteiger charge is -2.08. The first-order valence-electron chi connectivity index (χ1n) is 6.17. The molecule has 0 aromatic carbocycles. The van der Waals surface area contributed by atoms with E-state index in [-0.39, 0.29) is 18.5 Å².